The van der Waals surface area contributed by atoms with Gasteiger partial charge in [-0.05, 0) is 54.8 Å². The summed E-state index contributed by atoms with van der Waals surface area (Å²) in [6.07, 6.45) is 0. The van der Waals surface area contributed by atoms with Crippen LogP contribution in [0, 0.1) is 13.8 Å². The molecule has 0 heteroatoms. The first-order valence-electron chi connectivity index (χ1n) is 5.87. The Balaban J connectivity index is 0.00000106. The summed E-state index contributed by atoms with van der Waals surface area (Å²) < 4.78 is 0. The third-order valence-corrected chi connectivity index (χ3v) is 2.91. The van der Waals surface area contributed by atoms with Crippen LogP contribution in [0.4, 0.5) is 0 Å². The molecule has 0 saturated carbocycles. The van der Waals surface area contributed by atoms with Crippen LogP contribution in [0.15, 0.2) is 24.3 Å². The zero-order valence-electron chi connectivity index (χ0n) is 11.6. The number of hydrogen-bond donors (Lipinski definition) is 0. The highest BCUT2D eigenvalue weighted by Gasteiger charge is 1.97. The van der Waals surface area contributed by atoms with Crippen molar-refractivity contribution in [2.75, 3.05) is 0 Å². The minimum absolute atomic E-state index is 1.11. The van der Waals surface area contributed by atoms with Gasteiger partial charge in [-0.1, -0.05) is 44.7 Å². The summed E-state index contributed by atoms with van der Waals surface area (Å²) in [7, 11) is 0. The second kappa shape index (κ2) is 6.32. The minimum Gasteiger partial charge on any atom is -0.0958 e. The Morgan fingerprint density at radius 2 is 1.56 bits per heavy atom. The predicted molar refractivity (Wildman–Crippen MR) is 75.9 cm³/mol. The van der Waals surface area contributed by atoms with Gasteiger partial charge >= 0.3 is 0 Å². The van der Waals surface area contributed by atoms with Crippen LogP contribution in [-0.2, 0) is 0 Å². The molecule has 0 N–H and O–H groups in total. The number of allylic oxidation sites excluding steroid dienone is 1. The van der Waals surface area contributed by atoms with Gasteiger partial charge < -0.3 is 0 Å². The third kappa shape index (κ3) is 3.10. The van der Waals surface area contributed by atoms with Crippen LogP contribution in [0.3, 0.4) is 0 Å². The average molecular weight is 216 g/mol. The molecule has 0 aromatic heterocycles. The van der Waals surface area contributed by atoms with Crippen molar-refractivity contribution < 1.29 is 0 Å². The van der Waals surface area contributed by atoms with Crippen molar-refractivity contribution in [3.8, 4) is 0 Å². The fourth-order valence-electron chi connectivity index (χ4n) is 1.46. The summed E-state index contributed by atoms with van der Waals surface area (Å²) in [6.45, 7) is 20.4. The number of hydrogen-bond acceptors (Lipinski definition) is 0. The normalized spacial score (nSPS) is 11.4. The molecule has 0 amide bonds. The lowest BCUT2D eigenvalue weighted by Gasteiger charge is -2.04. The molecule has 0 heterocycles. The van der Waals surface area contributed by atoms with E-state index in [1.54, 1.807) is 0 Å². The van der Waals surface area contributed by atoms with Crippen molar-refractivity contribution >= 4 is 12.2 Å². The lowest BCUT2D eigenvalue weighted by molar-refractivity contribution is 1.27. The molecule has 1 aromatic carbocycles. The average Bonchev–Trinajstić information content (AvgIpc) is 2.28. The highest BCUT2D eigenvalue weighted by molar-refractivity contribution is 5.60. The van der Waals surface area contributed by atoms with Gasteiger partial charge in [-0.2, -0.15) is 0 Å². The molecule has 0 bridgehead atoms. The van der Waals surface area contributed by atoms with Gasteiger partial charge in [0, 0.05) is 0 Å². The van der Waals surface area contributed by atoms with E-state index in [1.807, 2.05) is 20.8 Å². The summed E-state index contributed by atoms with van der Waals surface area (Å²) in [5.74, 6) is 0. The topological polar surface area (TPSA) is 0 Å². The Bertz CT molecular complexity index is 475. The van der Waals surface area contributed by atoms with Gasteiger partial charge in [-0.3, -0.25) is 0 Å². The lowest BCUT2D eigenvalue weighted by atomic mass is 10.0. The Kier molecular flexibility index (Phi) is 5.81. The van der Waals surface area contributed by atoms with Crippen LogP contribution in [0.1, 0.15) is 38.8 Å². The molecule has 0 spiro atoms. The largest absolute Gasteiger partial charge is 0.0958 e. The molecule has 0 unspecified atom stereocenters. The molecule has 0 atom stereocenters. The van der Waals surface area contributed by atoms with Crippen LogP contribution in [0.5, 0.6) is 0 Å². The third-order valence-electron chi connectivity index (χ3n) is 2.91. The van der Waals surface area contributed by atoms with Crippen LogP contribution in [0.25, 0.3) is 12.2 Å². The SMILES string of the molecule is C=C(C)/C(C)=c1/ccc(C)c(C)c1=C.CC. The van der Waals surface area contributed by atoms with Crippen LogP contribution in [0.2, 0.25) is 0 Å². The van der Waals surface area contributed by atoms with Crippen molar-refractivity contribution in [1.82, 2.24) is 0 Å². The van der Waals surface area contributed by atoms with Crippen LogP contribution < -0.4 is 10.4 Å². The first-order valence-corrected chi connectivity index (χ1v) is 5.87. The Labute approximate surface area is 100 Å². The smallest absolute Gasteiger partial charge is 0.0155 e. The van der Waals surface area contributed by atoms with E-state index in [1.165, 1.54) is 21.9 Å². The molecule has 0 aliphatic carbocycles. The molecular formula is C16H24. The molecule has 88 valence electrons. The maximum Gasteiger partial charge on any atom is -0.0155 e. The molecule has 1 rings (SSSR count). The lowest BCUT2D eigenvalue weighted by Crippen LogP contribution is -2.28. The van der Waals surface area contributed by atoms with Gasteiger partial charge in [0.25, 0.3) is 0 Å². The van der Waals surface area contributed by atoms with Crippen LogP contribution in [-0.4, -0.2) is 0 Å². The molecule has 1 aromatic rings. The summed E-state index contributed by atoms with van der Waals surface area (Å²) in [4.78, 5) is 0. The number of rotatable bonds is 1. The fourth-order valence-corrected chi connectivity index (χ4v) is 1.46. The van der Waals surface area contributed by atoms with Crippen LogP contribution >= 0.6 is 0 Å². The zero-order chi connectivity index (χ0) is 12.9. The summed E-state index contributed by atoms with van der Waals surface area (Å²) in [5.41, 5.74) is 4.92. The predicted octanol–water partition coefficient (Wildman–Crippen LogP) is 3.49. The van der Waals surface area contributed by atoms with Crippen molar-refractivity contribution in [2.24, 2.45) is 0 Å². The number of benzene rings is 1. The monoisotopic (exact) mass is 216 g/mol. The molecular weight excluding hydrogens is 192 g/mol. The van der Waals surface area contributed by atoms with E-state index in [9.17, 15) is 0 Å². The van der Waals surface area contributed by atoms with Crippen molar-refractivity contribution in [2.45, 2.75) is 41.5 Å². The molecule has 0 aliphatic rings. The standard InChI is InChI=1S/C14H18.C2H6/c1-9(2)11(4)14-8-7-10(3)12(5)13(14)6;1-2/h7-8H,1,6H2,2-5H3;1-2H3/b14-11-;. The second-order valence-corrected chi connectivity index (χ2v) is 3.94. The van der Waals surface area contributed by atoms with Gasteiger partial charge in [-0.25, -0.2) is 0 Å². The van der Waals surface area contributed by atoms with Gasteiger partial charge in [0.15, 0.2) is 0 Å². The molecule has 0 saturated heterocycles. The van der Waals surface area contributed by atoms with Gasteiger partial charge in [-0.15, -0.1) is 0 Å². The molecule has 0 aliphatic heterocycles. The minimum atomic E-state index is 1.11. The zero-order valence-corrected chi connectivity index (χ0v) is 11.6. The van der Waals surface area contributed by atoms with E-state index in [0.717, 1.165) is 10.8 Å². The summed E-state index contributed by atoms with van der Waals surface area (Å²) in [5, 5.41) is 2.35. The quantitative estimate of drug-likeness (QED) is 0.674. The first-order chi connectivity index (χ1) is 7.45. The van der Waals surface area contributed by atoms with E-state index in [4.69, 9.17) is 0 Å². The Morgan fingerprint density at radius 3 is 2.00 bits per heavy atom. The highest BCUT2D eigenvalue weighted by Crippen LogP contribution is 2.04. The van der Waals surface area contributed by atoms with Crippen molar-refractivity contribution in [1.29, 1.82) is 0 Å². The van der Waals surface area contributed by atoms with Gasteiger partial charge in [0.1, 0.15) is 0 Å². The van der Waals surface area contributed by atoms with E-state index in [-0.39, 0.29) is 0 Å². The van der Waals surface area contributed by atoms with E-state index in [2.05, 4.69) is 46.1 Å². The Morgan fingerprint density at radius 1 is 1.06 bits per heavy atom. The molecule has 0 fully saturated rings. The van der Waals surface area contributed by atoms with Crippen molar-refractivity contribution in [3.63, 3.8) is 0 Å². The maximum atomic E-state index is 4.12. The fraction of sp³-hybridized carbons (Fsp3) is 0.375. The summed E-state index contributed by atoms with van der Waals surface area (Å²) in [6, 6.07) is 4.28. The molecule has 16 heavy (non-hydrogen) atoms. The van der Waals surface area contributed by atoms with E-state index >= 15 is 0 Å². The Hall–Kier alpha value is -1.30. The first kappa shape index (κ1) is 14.7. The van der Waals surface area contributed by atoms with E-state index < -0.39 is 0 Å². The summed E-state index contributed by atoms with van der Waals surface area (Å²) >= 11 is 0. The van der Waals surface area contributed by atoms with Gasteiger partial charge in [0.05, 0.1) is 0 Å². The van der Waals surface area contributed by atoms with Gasteiger partial charge in [0.2, 0.25) is 0 Å². The number of aryl methyl sites for hydroxylation is 1. The molecule has 0 nitrogen and oxygen atoms in total. The maximum absolute atomic E-state index is 4.12. The highest BCUT2D eigenvalue weighted by atomic mass is 14.0. The second-order valence-electron chi connectivity index (χ2n) is 3.94. The molecule has 0 radical (unpaired) electrons. The van der Waals surface area contributed by atoms with Crippen molar-refractivity contribution in [3.05, 3.63) is 45.8 Å². The van der Waals surface area contributed by atoms with E-state index in [0.29, 0.717) is 0 Å².